The molecule has 1 saturated carbocycles. The van der Waals surface area contributed by atoms with E-state index < -0.39 is 12.1 Å². The van der Waals surface area contributed by atoms with Crippen LogP contribution in [0.4, 0.5) is 13.2 Å². The molecule has 118 valence electrons. The predicted octanol–water partition coefficient (Wildman–Crippen LogP) is 4.47. The number of thiophene rings is 1. The van der Waals surface area contributed by atoms with Gasteiger partial charge in [-0.25, -0.2) is 0 Å². The lowest BCUT2D eigenvalue weighted by molar-refractivity contribution is -0.183. The number of aryl methyl sites for hydroxylation is 2. The first-order valence-corrected chi connectivity index (χ1v) is 8.09. The third-order valence-electron chi connectivity index (χ3n) is 4.10. The summed E-state index contributed by atoms with van der Waals surface area (Å²) < 4.78 is 38.3. The van der Waals surface area contributed by atoms with Crippen molar-refractivity contribution >= 4 is 17.2 Å². The highest BCUT2D eigenvalue weighted by molar-refractivity contribution is 7.14. The van der Waals surface area contributed by atoms with Crippen LogP contribution in [0.1, 0.15) is 52.7 Å². The molecular weight excluding hydrogens is 299 g/mol. The van der Waals surface area contributed by atoms with E-state index in [0.717, 1.165) is 16.9 Å². The van der Waals surface area contributed by atoms with Gasteiger partial charge in [-0.15, -0.1) is 11.3 Å². The third kappa shape index (κ3) is 3.99. The summed E-state index contributed by atoms with van der Waals surface area (Å²) in [6.07, 6.45) is -1.98. The van der Waals surface area contributed by atoms with Crippen LogP contribution in [-0.2, 0) is 6.42 Å². The summed E-state index contributed by atoms with van der Waals surface area (Å²) >= 11 is 1.41. The Labute approximate surface area is 126 Å². The lowest BCUT2D eigenvalue weighted by atomic mass is 9.85. The molecule has 6 heteroatoms. The van der Waals surface area contributed by atoms with Gasteiger partial charge in [-0.05, 0) is 44.2 Å². The normalized spacial score (nSPS) is 23.1. The Hall–Kier alpha value is -1.04. The van der Waals surface area contributed by atoms with E-state index in [2.05, 4.69) is 5.32 Å². The predicted molar refractivity (Wildman–Crippen MR) is 77.7 cm³/mol. The van der Waals surface area contributed by atoms with Crippen molar-refractivity contribution in [3.8, 4) is 0 Å². The number of carbonyl (C=O) groups excluding carboxylic acids is 1. The maximum atomic E-state index is 12.8. The topological polar surface area (TPSA) is 29.1 Å². The van der Waals surface area contributed by atoms with Gasteiger partial charge in [0.15, 0.2) is 0 Å². The molecule has 1 amide bonds. The fraction of sp³-hybridized carbons (Fsp3) is 0.667. The van der Waals surface area contributed by atoms with Crippen molar-refractivity contribution in [2.24, 2.45) is 5.92 Å². The summed E-state index contributed by atoms with van der Waals surface area (Å²) in [6, 6.07) is 1.48. The minimum absolute atomic E-state index is 0.000230. The molecule has 2 atom stereocenters. The molecule has 21 heavy (non-hydrogen) atoms. The SMILES string of the molecule is CCc1cc(C(=O)NC2CCCC(C(F)(F)F)C2)sc1C. The lowest BCUT2D eigenvalue weighted by Crippen LogP contribution is -2.41. The molecule has 0 aliphatic heterocycles. The second-order valence-corrected chi connectivity index (χ2v) is 6.88. The largest absolute Gasteiger partial charge is 0.391 e. The van der Waals surface area contributed by atoms with Crippen LogP contribution in [0.5, 0.6) is 0 Å². The zero-order valence-corrected chi connectivity index (χ0v) is 13.0. The number of halogens is 3. The number of hydrogen-bond acceptors (Lipinski definition) is 2. The maximum absolute atomic E-state index is 12.8. The van der Waals surface area contributed by atoms with E-state index in [4.69, 9.17) is 0 Å². The molecule has 0 spiro atoms. The van der Waals surface area contributed by atoms with Crippen LogP contribution in [0.25, 0.3) is 0 Å². The summed E-state index contributed by atoms with van der Waals surface area (Å²) in [7, 11) is 0. The van der Waals surface area contributed by atoms with E-state index in [1.165, 1.54) is 11.3 Å². The minimum Gasteiger partial charge on any atom is -0.349 e. The van der Waals surface area contributed by atoms with Crippen molar-refractivity contribution in [2.75, 3.05) is 0 Å². The van der Waals surface area contributed by atoms with Crippen LogP contribution in [0.3, 0.4) is 0 Å². The average molecular weight is 319 g/mol. The van der Waals surface area contributed by atoms with Crippen molar-refractivity contribution in [3.05, 3.63) is 21.4 Å². The summed E-state index contributed by atoms with van der Waals surface area (Å²) in [5.74, 6) is -1.52. The molecule has 0 radical (unpaired) electrons. The zero-order chi connectivity index (χ0) is 15.6. The molecule has 1 aliphatic rings. The Balaban J connectivity index is 1.98. The lowest BCUT2D eigenvalue weighted by Gasteiger charge is -2.30. The van der Waals surface area contributed by atoms with Gasteiger partial charge in [0.2, 0.25) is 0 Å². The molecule has 0 saturated heterocycles. The fourth-order valence-corrected chi connectivity index (χ4v) is 3.87. The van der Waals surface area contributed by atoms with Gasteiger partial charge in [0, 0.05) is 10.9 Å². The van der Waals surface area contributed by atoms with E-state index in [-0.39, 0.29) is 24.8 Å². The molecule has 1 N–H and O–H groups in total. The quantitative estimate of drug-likeness (QED) is 0.875. The molecule has 1 heterocycles. The van der Waals surface area contributed by atoms with E-state index in [9.17, 15) is 18.0 Å². The molecule has 1 aromatic heterocycles. The van der Waals surface area contributed by atoms with Crippen molar-refractivity contribution < 1.29 is 18.0 Å². The zero-order valence-electron chi connectivity index (χ0n) is 12.2. The molecule has 1 aromatic rings. The minimum atomic E-state index is -4.15. The summed E-state index contributed by atoms with van der Waals surface area (Å²) in [5, 5.41) is 2.77. The standard InChI is InChI=1S/C15H20F3NOS/c1-3-10-7-13(21-9(10)2)14(20)19-12-6-4-5-11(8-12)15(16,17)18/h7,11-12H,3-6,8H2,1-2H3,(H,19,20). The molecule has 2 nitrogen and oxygen atoms in total. The molecule has 1 aliphatic carbocycles. The number of nitrogens with one attached hydrogen (secondary N) is 1. The van der Waals surface area contributed by atoms with E-state index >= 15 is 0 Å². The number of rotatable bonds is 3. The van der Waals surface area contributed by atoms with Crippen molar-refractivity contribution in [1.82, 2.24) is 5.32 Å². The summed E-state index contributed by atoms with van der Waals surface area (Å²) in [5.41, 5.74) is 1.13. The van der Waals surface area contributed by atoms with Gasteiger partial charge in [-0.3, -0.25) is 4.79 Å². The Morgan fingerprint density at radius 2 is 2.14 bits per heavy atom. The second kappa shape index (κ2) is 6.38. The molecule has 1 fully saturated rings. The fourth-order valence-electron chi connectivity index (χ4n) is 2.86. The van der Waals surface area contributed by atoms with Gasteiger partial charge in [0.25, 0.3) is 5.91 Å². The molecule has 2 rings (SSSR count). The van der Waals surface area contributed by atoms with Gasteiger partial charge in [0.1, 0.15) is 0 Å². The molecule has 0 aromatic carbocycles. The Kier molecular flexibility index (Phi) is 4.96. The number of alkyl halides is 3. The third-order valence-corrected chi connectivity index (χ3v) is 5.19. The van der Waals surface area contributed by atoms with Gasteiger partial charge in [-0.1, -0.05) is 13.3 Å². The first kappa shape index (κ1) is 16.3. The highest BCUT2D eigenvalue weighted by Gasteiger charge is 2.42. The monoisotopic (exact) mass is 319 g/mol. The van der Waals surface area contributed by atoms with Crippen molar-refractivity contribution in [3.63, 3.8) is 0 Å². The number of amides is 1. The smallest absolute Gasteiger partial charge is 0.349 e. The van der Waals surface area contributed by atoms with Crippen LogP contribution in [-0.4, -0.2) is 18.1 Å². The average Bonchev–Trinajstić information content (AvgIpc) is 2.79. The Morgan fingerprint density at radius 3 is 2.71 bits per heavy atom. The molecular formula is C15H20F3NOS. The van der Waals surface area contributed by atoms with Crippen LogP contribution in [0.15, 0.2) is 6.07 Å². The first-order valence-electron chi connectivity index (χ1n) is 7.28. The number of carbonyl (C=O) groups is 1. The van der Waals surface area contributed by atoms with Crippen molar-refractivity contribution in [2.45, 2.75) is 58.2 Å². The Bertz CT molecular complexity index is 510. The van der Waals surface area contributed by atoms with E-state index in [0.29, 0.717) is 17.7 Å². The van der Waals surface area contributed by atoms with Crippen LogP contribution in [0, 0.1) is 12.8 Å². The van der Waals surface area contributed by atoms with Crippen LogP contribution < -0.4 is 5.32 Å². The van der Waals surface area contributed by atoms with E-state index in [1.807, 2.05) is 19.9 Å². The molecule has 2 unspecified atom stereocenters. The Morgan fingerprint density at radius 1 is 1.43 bits per heavy atom. The van der Waals surface area contributed by atoms with Gasteiger partial charge >= 0.3 is 6.18 Å². The van der Waals surface area contributed by atoms with Crippen LogP contribution in [0.2, 0.25) is 0 Å². The highest BCUT2D eigenvalue weighted by Crippen LogP contribution is 2.37. The first-order chi connectivity index (χ1) is 9.81. The molecule has 0 bridgehead atoms. The van der Waals surface area contributed by atoms with Gasteiger partial charge in [0.05, 0.1) is 10.8 Å². The maximum Gasteiger partial charge on any atom is 0.391 e. The van der Waals surface area contributed by atoms with Crippen molar-refractivity contribution in [1.29, 1.82) is 0 Å². The second-order valence-electron chi connectivity index (χ2n) is 5.62. The number of hydrogen-bond donors (Lipinski definition) is 1. The highest BCUT2D eigenvalue weighted by atomic mass is 32.1. The van der Waals surface area contributed by atoms with Gasteiger partial charge in [-0.2, -0.15) is 13.2 Å². The summed E-state index contributed by atoms with van der Waals surface area (Å²) in [6.45, 7) is 3.98. The van der Waals surface area contributed by atoms with E-state index in [1.54, 1.807) is 0 Å². The van der Waals surface area contributed by atoms with Crippen LogP contribution >= 0.6 is 11.3 Å². The summed E-state index contributed by atoms with van der Waals surface area (Å²) in [4.78, 5) is 13.9. The van der Waals surface area contributed by atoms with Gasteiger partial charge < -0.3 is 5.32 Å².